The van der Waals surface area contributed by atoms with Crippen LogP contribution in [0, 0.1) is 5.82 Å². The van der Waals surface area contributed by atoms with Crippen LogP contribution in [0.5, 0.6) is 0 Å². The van der Waals surface area contributed by atoms with Crippen LogP contribution in [0.1, 0.15) is 6.92 Å². The van der Waals surface area contributed by atoms with E-state index in [-0.39, 0.29) is 5.82 Å². The number of halogens is 2. The van der Waals surface area contributed by atoms with E-state index in [9.17, 15) is 4.39 Å². The number of nitrogens with two attached hydrogens (primary N) is 1. The number of rotatable bonds is 3. The average Bonchev–Trinajstić information content (AvgIpc) is 2.37. The molecule has 18 heavy (non-hydrogen) atoms. The lowest BCUT2D eigenvalue weighted by Gasteiger charge is -2.23. The molecule has 0 amide bonds. The minimum absolute atomic E-state index is 0.268. The summed E-state index contributed by atoms with van der Waals surface area (Å²) >= 11 is 3.37. The fourth-order valence-corrected chi connectivity index (χ4v) is 2.06. The highest BCUT2D eigenvalue weighted by molar-refractivity contribution is 9.10. The van der Waals surface area contributed by atoms with Crippen LogP contribution in [-0.4, -0.2) is 16.5 Å². The average molecular weight is 311 g/mol. The van der Waals surface area contributed by atoms with Crippen LogP contribution in [0.25, 0.3) is 0 Å². The molecule has 1 aromatic heterocycles. The summed E-state index contributed by atoms with van der Waals surface area (Å²) in [6.45, 7) is 2.66. The topological polar surface area (TPSA) is 55.0 Å². The molecule has 1 heterocycles. The molecule has 0 aliphatic heterocycles. The van der Waals surface area contributed by atoms with E-state index in [1.165, 1.54) is 18.5 Å². The van der Waals surface area contributed by atoms with Crippen molar-refractivity contribution >= 4 is 33.3 Å². The summed E-state index contributed by atoms with van der Waals surface area (Å²) in [6, 6.07) is 6.22. The fraction of sp³-hybridized carbons (Fsp3) is 0.167. The first-order chi connectivity index (χ1) is 8.63. The Labute approximate surface area is 113 Å². The first kappa shape index (κ1) is 12.8. The molecule has 0 spiro atoms. The molecule has 0 radical (unpaired) electrons. The number of anilines is 3. The Balaban J connectivity index is 2.45. The molecule has 0 atom stereocenters. The van der Waals surface area contributed by atoms with E-state index in [2.05, 4.69) is 25.9 Å². The largest absolute Gasteiger partial charge is 0.383 e. The molecule has 0 aliphatic rings. The maximum Gasteiger partial charge on any atom is 0.152 e. The van der Waals surface area contributed by atoms with Crippen LogP contribution in [0.2, 0.25) is 0 Å². The number of nitrogen functional groups attached to an aromatic ring is 1. The molecule has 2 aromatic rings. The Morgan fingerprint density at radius 2 is 1.94 bits per heavy atom. The monoisotopic (exact) mass is 310 g/mol. The third-order valence-electron chi connectivity index (χ3n) is 2.51. The molecule has 0 bridgehead atoms. The lowest BCUT2D eigenvalue weighted by atomic mass is 10.2. The Kier molecular flexibility index (Phi) is 3.76. The SMILES string of the molecule is CCN(c1ccc(F)cc1)c1ncnc(N)c1Br. The van der Waals surface area contributed by atoms with E-state index < -0.39 is 0 Å². The van der Waals surface area contributed by atoms with Gasteiger partial charge < -0.3 is 10.6 Å². The fourth-order valence-electron chi connectivity index (χ4n) is 1.64. The van der Waals surface area contributed by atoms with Gasteiger partial charge in [0.15, 0.2) is 5.82 Å². The van der Waals surface area contributed by atoms with Gasteiger partial charge in [0.25, 0.3) is 0 Å². The van der Waals surface area contributed by atoms with E-state index in [0.717, 1.165) is 5.69 Å². The Bertz CT molecular complexity index is 544. The number of benzene rings is 1. The van der Waals surface area contributed by atoms with Gasteiger partial charge in [-0.2, -0.15) is 0 Å². The molecular formula is C12H12BrFN4. The smallest absolute Gasteiger partial charge is 0.152 e. The van der Waals surface area contributed by atoms with Crippen LogP contribution >= 0.6 is 15.9 Å². The van der Waals surface area contributed by atoms with Crippen molar-refractivity contribution in [2.24, 2.45) is 0 Å². The van der Waals surface area contributed by atoms with Crippen molar-refractivity contribution in [3.8, 4) is 0 Å². The molecule has 0 saturated carbocycles. The Hall–Kier alpha value is -1.69. The van der Waals surface area contributed by atoms with Gasteiger partial charge in [-0.15, -0.1) is 0 Å². The molecule has 0 unspecified atom stereocenters. The molecule has 4 nitrogen and oxygen atoms in total. The van der Waals surface area contributed by atoms with E-state index >= 15 is 0 Å². The van der Waals surface area contributed by atoms with Gasteiger partial charge in [-0.1, -0.05) is 0 Å². The number of nitrogens with zero attached hydrogens (tertiary/aromatic N) is 3. The molecule has 0 fully saturated rings. The van der Waals surface area contributed by atoms with Gasteiger partial charge in [-0.25, -0.2) is 14.4 Å². The minimum Gasteiger partial charge on any atom is -0.383 e. The van der Waals surface area contributed by atoms with E-state index in [4.69, 9.17) is 5.73 Å². The third-order valence-corrected chi connectivity index (χ3v) is 3.27. The van der Waals surface area contributed by atoms with Gasteiger partial charge in [0, 0.05) is 12.2 Å². The van der Waals surface area contributed by atoms with Crippen LogP contribution in [0.4, 0.5) is 21.7 Å². The highest BCUT2D eigenvalue weighted by atomic mass is 79.9. The van der Waals surface area contributed by atoms with Gasteiger partial charge in [0.1, 0.15) is 22.4 Å². The van der Waals surface area contributed by atoms with Crippen molar-refractivity contribution in [1.29, 1.82) is 0 Å². The molecule has 94 valence electrons. The minimum atomic E-state index is -0.268. The normalized spacial score (nSPS) is 10.4. The zero-order chi connectivity index (χ0) is 13.1. The first-order valence-electron chi connectivity index (χ1n) is 5.42. The third kappa shape index (κ3) is 2.43. The van der Waals surface area contributed by atoms with Crippen molar-refractivity contribution in [1.82, 2.24) is 9.97 Å². The lowest BCUT2D eigenvalue weighted by Crippen LogP contribution is -2.18. The van der Waals surface area contributed by atoms with Crippen molar-refractivity contribution in [3.63, 3.8) is 0 Å². The van der Waals surface area contributed by atoms with E-state index in [1.54, 1.807) is 12.1 Å². The molecular weight excluding hydrogens is 299 g/mol. The van der Waals surface area contributed by atoms with Crippen LogP contribution in [-0.2, 0) is 0 Å². The van der Waals surface area contributed by atoms with Crippen LogP contribution < -0.4 is 10.6 Å². The molecule has 0 saturated heterocycles. The zero-order valence-electron chi connectivity index (χ0n) is 9.77. The highest BCUT2D eigenvalue weighted by Gasteiger charge is 2.14. The second-order valence-electron chi connectivity index (χ2n) is 3.62. The second kappa shape index (κ2) is 5.30. The molecule has 1 aromatic carbocycles. The summed E-state index contributed by atoms with van der Waals surface area (Å²) < 4.78 is 13.6. The summed E-state index contributed by atoms with van der Waals surface area (Å²) in [5, 5.41) is 0. The van der Waals surface area contributed by atoms with Gasteiger partial charge in [-0.05, 0) is 47.1 Å². The van der Waals surface area contributed by atoms with Crippen molar-refractivity contribution < 1.29 is 4.39 Å². The van der Waals surface area contributed by atoms with E-state index in [0.29, 0.717) is 22.7 Å². The molecule has 6 heteroatoms. The molecule has 2 N–H and O–H groups in total. The summed E-state index contributed by atoms with van der Waals surface area (Å²) in [6.07, 6.45) is 1.40. The molecule has 0 aliphatic carbocycles. The van der Waals surface area contributed by atoms with Crippen molar-refractivity contribution in [2.45, 2.75) is 6.92 Å². The highest BCUT2D eigenvalue weighted by Crippen LogP contribution is 2.32. The van der Waals surface area contributed by atoms with Gasteiger partial charge in [0.05, 0.1) is 0 Å². The number of hydrogen-bond donors (Lipinski definition) is 1. The standard InChI is InChI=1S/C12H12BrFN4/c1-2-18(9-5-3-8(14)4-6-9)12-10(13)11(15)16-7-17-12/h3-7H,2H2,1H3,(H2,15,16,17). The summed E-state index contributed by atoms with van der Waals surface area (Å²) in [5.41, 5.74) is 6.58. The van der Waals surface area contributed by atoms with Crippen molar-refractivity contribution in [3.05, 3.63) is 40.9 Å². The Morgan fingerprint density at radius 3 is 2.56 bits per heavy atom. The quantitative estimate of drug-likeness (QED) is 0.946. The first-order valence-corrected chi connectivity index (χ1v) is 6.22. The summed E-state index contributed by atoms with van der Waals surface area (Å²) in [4.78, 5) is 10.0. The van der Waals surface area contributed by atoms with Gasteiger partial charge >= 0.3 is 0 Å². The predicted octanol–water partition coefficient (Wildman–Crippen LogP) is 3.12. The van der Waals surface area contributed by atoms with Crippen LogP contribution in [0.3, 0.4) is 0 Å². The maximum atomic E-state index is 12.9. The maximum absolute atomic E-state index is 12.9. The molecule has 2 rings (SSSR count). The van der Waals surface area contributed by atoms with Gasteiger partial charge in [0.2, 0.25) is 0 Å². The second-order valence-corrected chi connectivity index (χ2v) is 4.41. The zero-order valence-corrected chi connectivity index (χ0v) is 11.4. The number of hydrogen-bond acceptors (Lipinski definition) is 4. The summed E-state index contributed by atoms with van der Waals surface area (Å²) in [7, 11) is 0. The predicted molar refractivity (Wildman–Crippen MR) is 73.2 cm³/mol. The van der Waals surface area contributed by atoms with Gasteiger partial charge in [-0.3, -0.25) is 0 Å². The Morgan fingerprint density at radius 1 is 1.28 bits per heavy atom. The van der Waals surface area contributed by atoms with E-state index in [1.807, 2.05) is 11.8 Å². The number of aromatic nitrogens is 2. The summed E-state index contributed by atoms with van der Waals surface area (Å²) in [5.74, 6) is 0.772. The lowest BCUT2D eigenvalue weighted by molar-refractivity contribution is 0.627. The van der Waals surface area contributed by atoms with Crippen LogP contribution in [0.15, 0.2) is 35.1 Å². The van der Waals surface area contributed by atoms with Crippen molar-refractivity contribution in [2.75, 3.05) is 17.2 Å².